The van der Waals surface area contributed by atoms with E-state index in [1.54, 1.807) is 26.8 Å². The fraction of sp³-hybridized carbons (Fsp3) is 0.500. The molecule has 0 bridgehead atoms. The van der Waals surface area contributed by atoms with Gasteiger partial charge in [-0.3, -0.25) is 4.90 Å². The maximum absolute atomic E-state index is 13.5. The Balaban J connectivity index is 1.63. The number of carbonyl (C=O) groups is 2. The molecule has 10 heteroatoms. The molecule has 0 unspecified atom stereocenters. The van der Waals surface area contributed by atoms with Crippen molar-refractivity contribution in [2.45, 2.75) is 51.3 Å². The first kappa shape index (κ1) is 23.6. The highest BCUT2D eigenvalue weighted by molar-refractivity contribution is 5.86. The number of hydrogen-bond acceptors (Lipinski definition) is 7. The molecule has 1 N–H and O–H groups in total. The van der Waals surface area contributed by atoms with Crippen LogP contribution in [0.1, 0.15) is 39.4 Å². The van der Waals surface area contributed by atoms with E-state index in [1.807, 2.05) is 4.90 Å². The number of carbonyl (C=O) groups excluding carboxylic acids is 2. The van der Waals surface area contributed by atoms with Gasteiger partial charge in [-0.25, -0.2) is 18.4 Å². The molecule has 0 spiro atoms. The molecule has 1 amide bonds. The highest BCUT2D eigenvalue weighted by atomic mass is 19.2. The summed E-state index contributed by atoms with van der Waals surface area (Å²) in [7, 11) is 1.28. The number of nitrogens with zero attached hydrogens (tertiary/aromatic N) is 2. The lowest BCUT2D eigenvalue weighted by Gasteiger charge is -2.39. The third kappa shape index (κ3) is 5.61. The first-order valence-electron chi connectivity index (χ1n) is 10.2. The van der Waals surface area contributed by atoms with Crippen molar-refractivity contribution >= 4 is 12.1 Å². The third-order valence-corrected chi connectivity index (χ3v) is 5.18. The molecule has 0 aliphatic carbocycles. The van der Waals surface area contributed by atoms with Crippen molar-refractivity contribution in [3.05, 3.63) is 41.7 Å². The Kier molecular flexibility index (Phi) is 6.82. The van der Waals surface area contributed by atoms with Gasteiger partial charge in [-0.1, -0.05) is 5.16 Å². The zero-order valence-corrected chi connectivity index (χ0v) is 18.5. The van der Waals surface area contributed by atoms with E-state index in [9.17, 15) is 18.4 Å². The smallest absolute Gasteiger partial charge is 0.408 e. The second kappa shape index (κ2) is 9.23. The first-order chi connectivity index (χ1) is 15.0. The Morgan fingerprint density at radius 1 is 1.19 bits per heavy atom. The predicted molar refractivity (Wildman–Crippen MR) is 110 cm³/mol. The minimum atomic E-state index is -1.17. The number of methoxy groups -OCH3 is 1. The summed E-state index contributed by atoms with van der Waals surface area (Å²) >= 11 is 0. The molecule has 0 atom stereocenters. The van der Waals surface area contributed by atoms with Gasteiger partial charge in [-0.05, 0) is 51.8 Å². The number of halogens is 2. The van der Waals surface area contributed by atoms with E-state index in [4.69, 9.17) is 14.0 Å². The molecule has 8 nitrogen and oxygen atoms in total. The second-order valence-corrected chi connectivity index (χ2v) is 8.78. The fourth-order valence-electron chi connectivity index (χ4n) is 3.57. The van der Waals surface area contributed by atoms with Crippen molar-refractivity contribution in [3.63, 3.8) is 0 Å². The van der Waals surface area contributed by atoms with E-state index in [2.05, 4.69) is 10.5 Å². The standard InChI is InChI=1S/C22H27F2N3O5/c1-21(2,3)31-20(29)25-22(19(28)30-4)7-9-27(10-8-22)13-15-12-18(26-32-15)14-5-6-16(23)17(24)11-14/h5-6,11-12H,7-10,13H2,1-4H3,(H,25,29). The number of likely N-dealkylation sites (tertiary alicyclic amines) is 1. The van der Waals surface area contributed by atoms with E-state index in [0.29, 0.717) is 49.5 Å². The molecule has 1 aliphatic rings. The molecule has 1 aromatic heterocycles. The van der Waals surface area contributed by atoms with Gasteiger partial charge in [0.2, 0.25) is 0 Å². The maximum Gasteiger partial charge on any atom is 0.408 e. The van der Waals surface area contributed by atoms with Crippen LogP contribution < -0.4 is 5.32 Å². The van der Waals surface area contributed by atoms with Gasteiger partial charge < -0.3 is 19.3 Å². The molecule has 1 aromatic carbocycles. The fourth-order valence-corrected chi connectivity index (χ4v) is 3.57. The number of ether oxygens (including phenoxy) is 2. The number of piperidine rings is 1. The van der Waals surface area contributed by atoms with Crippen LogP contribution in [-0.2, 0) is 20.8 Å². The Morgan fingerprint density at radius 3 is 2.47 bits per heavy atom. The van der Waals surface area contributed by atoms with Gasteiger partial charge in [-0.15, -0.1) is 0 Å². The van der Waals surface area contributed by atoms with Gasteiger partial charge in [0.1, 0.15) is 16.8 Å². The molecule has 1 fully saturated rings. The van der Waals surface area contributed by atoms with Crippen LogP contribution in [0.25, 0.3) is 11.3 Å². The Hall–Kier alpha value is -3.01. The van der Waals surface area contributed by atoms with Gasteiger partial charge in [0, 0.05) is 24.7 Å². The largest absolute Gasteiger partial charge is 0.467 e. The summed E-state index contributed by atoms with van der Waals surface area (Å²) in [5.41, 5.74) is -1.07. The lowest BCUT2D eigenvalue weighted by atomic mass is 9.87. The minimum absolute atomic E-state index is 0.323. The molecular formula is C22H27F2N3O5. The molecule has 0 saturated carbocycles. The number of alkyl carbamates (subject to hydrolysis) is 1. The topological polar surface area (TPSA) is 93.9 Å². The SMILES string of the molecule is COC(=O)C1(NC(=O)OC(C)(C)C)CCN(Cc2cc(-c3ccc(F)c(F)c3)no2)CC1. The summed E-state index contributed by atoms with van der Waals surface area (Å²) in [5.74, 6) is -1.88. The van der Waals surface area contributed by atoms with Crippen LogP contribution in [0, 0.1) is 11.6 Å². The first-order valence-corrected chi connectivity index (χ1v) is 10.2. The zero-order valence-electron chi connectivity index (χ0n) is 18.5. The van der Waals surface area contributed by atoms with Crippen LogP contribution >= 0.6 is 0 Å². The molecule has 2 aromatic rings. The summed E-state index contributed by atoms with van der Waals surface area (Å²) in [6.07, 6.45) is -0.0330. The van der Waals surface area contributed by atoms with Gasteiger partial charge >= 0.3 is 12.1 Å². The summed E-state index contributed by atoms with van der Waals surface area (Å²) in [6.45, 7) is 6.59. The zero-order chi connectivity index (χ0) is 23.5. The number of benzene rings is 1. The molecule has 174 valence electrons. The number of esters is 1. The average molecular weight is 451 g/mol. The van der Waals surface area contributed by atoms with Crippen LogP contribution in [0.4, 0.5) is 13.6 Å². The number of rotatable bonds is 5. The Labute approximate surface area is 184 Å². The van der Waals surface area contributed by atoms with Crippen LogP contribution in [0.2, 0.25) is 0 Å². The summed E-state index contributed by atoms with van der Waals surface area (Å²) in [6, 6.07) is 5.18. The van der Waals surface area contributed by atoms with Crippen molar-refractivity contribution < 1.29 is 32.4 Å². The third-order valence-electron chi connectivity index (χ3n) is 5.18. The van der Waals surface area contributed by atoms with Gasteiger partial charge in [0.15, 0.2) is 17.4 Å². The molecule has 2 heterocycles. The van der Waals surface area contributed by atoms with Crippen molar-refractivity contribution in [1.82, 2.24) is 15.4 Å². The van der Waals surface area contributed by atoms with Gasteiger partial charge in [-0.2, -0.15) is 0 Å². The molecule has 0 radical (unpaired) electrons. The predicted octanol–water partition coefficient (Wildman–Crippen LogP) is 3.65. The Bertz CT molecular complexity index is 978. The number of nitrogens with one attached hydrogen (secondary N) is 1. The van der Waals surface area contributed by atoms with E-state index in [-0.39, 0.29) is 0 Å². The van der Waals surface area contributed by atoms with Crippen molar-refractivity contribution in [3.8, 4) is 11.3 Å². The summed E-state index contributed by atoms with van der Waals surface area (Å²) in [5, 5.41) is 6.62. The number of hydrogen-bond donors (Lipinski definition) is 1. The van der Waals surface area contributed by atoms with Crippen molar-refractivity contribution in [2.75, 3.05) is 20.2 Å². The molecule has 32 heavy (non-hydrogen) atoms. The maximum atomic E-state index is 13.5. The van der Waals surface area contributed by atoms with Crippen LogP contribution in [0.3, 0.4) is 0 Å². The van der Waals surface area contributed by atoms with E-state index < -0.39 is 34.8 Å². The summed E-state index contributed by atoms with van der Waals surface area (Å²) in [4.78, 5) is 26.8. The number of aromatic nitrogens is 1. The van der Waals surface area contributed by atoms with Crippen molar-refractivity contribution in [1.29, 1.82) is 0 Å². The van der Waals surface area contributed by atoms with Crippen LogP contribution in [-0.4, -0.2) is 53.5 Å². The van der Waals surface area contributed by atoms with E-state index in [0.717, 1.165) is 12.1 Å². The molecular weight excluding hydrogens is 424 g/mol. The Morgan fingerprint density at radius 2 is 1.88 bits per heavy atom. The molecule has 1 aliphatic heterocycles. The number of amides is 1. The lowest BCUT2D eigenvalue weighted by molar-refractivity contribution is -0.151. The minimum Gasteiger partial charge on any atom is -0.467 e. The van der Waals surface area contributed by atoms with E-state index >= 15 is 0 Å². The van der Waals surface area contributed by atoms with Crippen LogP contribution in [0.15, 0.2) is 28.8 Å². The van der Waals surface area contributed by atoms with Crippen molar-refractivity contribution in [2.24, 2.45) is 0 Å². The molecule has 1 saturated heterocycles. The normalized spacial score (nSPS) is 16.4. The molecule has 3 rings (SSSR count). The quantitative estimate of drug-likeness (QED) is 0.694. The van der Waals surface area contributed by atoms with Gasteiger partial charge in [0.05, 0.1) is 13.7 Å². The summed E-state index contributed by atoms with van der Waals surface area (Å²) < 4.78 is 42.2. The highest BCUT2D eigenvalue weighted by Crippen LogP contribution is 2.27. The average Bonchev–Trinajstić information content (AvgIpc) is 3.18. The van der Waals surface area contributed by atoms with Gasteiger partial charge in [0.25, 0.3) is 0 Å². The monoisotopic (exact) mass is 451 g/mol. The second-order valence-electron chi connectivity index (χ2n) is 8.78. The van der Waals surface area contributed by atoms with E-state index in [1.165, 1.54) is 13.2 Å². The lowest BCUT2D eigenvalue weighted by Crippen LogP contribution is -2.60. The highest BCUT2D eigenvalue weighted by Gasteiger charge is 2.44. The van der Waals surface area contributed by atoms with Crippen LogP contribution in [0.5, 0.6) is 0 Å².